The van der Waals surface area contributed by atoms with Crippen molar-refractivity contribution in [1.82, 2.24) is 0 Å². The van der Waals surface area contributed by atoms with Gasteiger partial charge in [0.25, 0.3) is 0 Å². The zero-order valence-electron chi connectivity index (χ0n) is 10.3. The third-order valence-corrected chi connectivity index (χ3v) is 2.70. The van der Waals surface area contributed by atoms with Gasteiger partial charge >= 0.3 is 0 Å². The minimum atomic E-state index is -0.562. The molecule has 0 aliphatic rings. The highest BCUT2D eigenvalue weighted by molar-refractivity contribution is 5.35. The monoisotopic (exact) mass is 259 g/mol. The van der Waals surface area contributed by atoms with Crippen molar-refractivity contribution in [3.05, 3.63) is 64.7 Å². The van der Waals surface area contributed by atoms with Gasteiger partial charge in [0.15, 0.2) is 0 Å². The smallest absolute Gasteiger partial charge is 0.140 e. The van der Waals surface area contributed by atoms with Gasteiger partial charge < -0.3 is 4.74 Å². The van der Waals surface area contributed by atoms with Crippen LogP contribution in [0.5, 0.6) is 5.75 Å². The molecular formula is C15H11F2NO. The molecule has 0 N–H and O–H groups in total. The first-order valence-electron chi connectivity index (χ1n) is 5.67. The third kappa shape index (κ3) is 3.08. The second-order valence-corrected chi connectivity index (χ2v) is 4.12. The summed E-state index contributed by atoms with van der Waals surface area (Å²) in [5.41, 5.74) is 1.43. The van der Waals surface area contributed by atoms with E-state index in [1.807, 2.05) is 0 Å². The van der Waals surface area contributed by atoms with Gasteiger partial charge in [0, 0.05) is 6.07 Å². The van der Waals surface area contributed by atoms with E-state index < -0.39 is 5.82 Å². The fraction of sp³-hybridized carbons (Fsp3) is 0.133. The number of ether oxygens (including phenoxy) is 1. The Morgan fingerprint density at radius 2 is 1.95 bits per heavy atom. The van der Waals surface area contributed by atoms with Crippen molar-refractivity contribution in [1.29, 1.82) is 5.26 Å². The molecule has 0 bridgehead atoms. The Balaban J connectivity index is 2.15. The first-order chi connectivity index (χ1) is 9.10. The Kier molecular flexibility index (Phi) is 3.76. The summed E-state index contributed by atoms with van der Waals surface area (Å²) >= 11 is 0. The predicted molar refractivity (Wildman–Crippen MR) is 66.6 cm³/mol. The van der Waals surface area contributed by atoms with Crippen molar-refractivity contribution < 1.29 is 13.5 Å². The van der Waals surface area contributed by atoms with Gasteiger partial charge in [0.05, 0.1) is 5.56 Å². The average Bonchev–Trinajstić information content (AvgIpc) is 2.41. The van der Waals surface area contributed by atoms with Gasteiger partial charge in [-0.3, -0.25) is 0 Å². The molecule has 0 aliphatic carbocycles. The predicted octanol–water partition coefficient (Wildman–Crippen LogP) is 3.72. The molecule has 0 aliphatic heterocycles. The lowest BCUT2D eigenvalue weighted by Gasteiger charge is -2.09. The molecule has 0 saturated heterocycles. The van der Waals surface area contributed by atoms with Crippen LogP contribution in [-0.4, -0.2) is 0 Å². The number of nitrogens with zero attached hydrogens (tertiary/aromatic N) is 1. The van der Waals surface area contributed by atoms with Gasteiger partial charge in [-0.15, -0.1) is 0 Å². The zero-order chi connectivity index (χ0) is 13.8. The van der Waals surface area contributed by atoms with E-state index >= 15 is 0 Å². The molecule has 96 valence electrons. The van der Waals surface area contributed by atoms with Crippen LogP contribution in [-0.2, 0) is 6.61 Å². The quantitative estimate of drug-likeness (QED) is 0.841. The van der Waals surface area contributed by atoms with Gasteiger partial charge in [0.2, 0.25) is 0 Å². The second-order valence-electron chi connectivity index (χ2n) is 4.12. The lowest BCUT2D eigenvalue weighted by Crippen LogP contribution is -1.99. The van der Waals surface area contributed by atoms with Crippen molar-refractivity contribution >= 4 is 0 Å². The summed E-state index contributed by atoms with van der Waals surface area (Å²) in [5, 5.41) is 8.73. The van der Waals surface area contributed by atoms with Gasteiger partial charge in [-0.05, 0) is 36.2 Å². The minimum absolute atomic E-state index is 0.0305. The van der Waals surface area contributed by atoms with E-state index in [9.17, 15) is 8.78 Å². The Bertz CT molecular complexity index is 647. The Hall–Kier alpha value is -2.41. The van der Waals surface area contributed by atoms with Crippen LogP contribution < -0.4 is 4.74 Å². The number of rotatable bonds is 3. The van der Waals surface area contributed by atoms with Gasteiger partial charge in [-0.25, -0.2) is 8.78 Å². The number of halogens is 2. The van der Waals surface area contributed by atoms with Crippen molar-refractivity contribution in [3.8, 4) is 11.8 Å². The van der Waals surface area contributed by atoms with E-state index in [-0.39, 0.29) is 18.0 Å². The van der Waals surface area contributed by atoms with E-state index in [1.165, 1.54) is 30.3 Å². The first-order valence-corrected chi connectivity index (χ1v) is 5.67. The van der Waals surface area contributed by atoms with Crippen LogP contribution in [0.25, 0.3) is 0 Å². The maximum atomic E-state index is 13.1. The first kappa shape index (κ1) is 13.0. The molecule has 2 nitrogen and oxygen atoms in total. The largest absolute Gasteiger partial charge is 0.489 e. The summed E-state index contributed by atoms with van der Waals surface area (Å²) < 4.78 is 31.7. The fourth-order valence-corrected chi connectivity index (χ4v) is 1.64. The number of hydrogen-bond acceptors (Lipinski definition) is 2. The van der Waals surface area contributed by atoms with Crippen LogP contribution in [0.1, 0.15) is 16.7 Å². The molecule has 2 rings (SSSR count). The molecule has 0 saturated carbocycles. The van der Waals surface area contributed by atoms with E-state index in [0.717, 1.165) is 5.56 Å². The van der Waals surface area contributed by atoms with E-state index in [1.54, 1.807) is 19.1 Å². The van der Waals surface area contributed by atoms with Crippen molar-refractivity contribution in [2.45, 2.75) is 13.5 Å². The lowest BCUT2D eigenvalue weighted by atomic mass is 10.1. The van der Waals surface area contributed by atoms with E-state index in [0.29, 0.717) is 11.3 Å². The number of hydrogen-bond donors (Lipinski definition) is 0. The van der Waals surface area contributed by atoms with Crippen molar-refractivity contribution in [2.75, 3.05) is 0 Å². The molecule has 19 heavy (non-hydrogen) atoms. The molecular weight excluding hydrogens is 248 g/mol. The fourth-order valence-electron chi connectivity index (χ4n) is 1.64. The number of nitriles is 1. The third-order valence-electron chi connectivity index (χ3n) is 2.70. The minimum Gasteiger partial charge on any atom is -0.489 e. The average molecular weight is 259 g/mol. The second kappa shape index (κ2) is 5.49. The van der Waals surface area contributed by atoms with Crippen molar-refractivity contribution in [3.63, 3.8) is 0 Å². The molecule has 0 radical (unpaired) electrons. The number of aryl methyl sites for hydroxylation is 1. The Labute approximate surface area is 109 Å². The lowest BCUT2D eigenvalue weighted by molar-refractivity contribution is 0.302. The highest BCUT2D eigenvalue weighted by atomic mass is 19.1. The molecule has 0 atom stereocenters. The number of benzene rings is 2. The van der Waals surface area contributed by atoms with E-state index in [2.05, 4.69) is 0 Å². The molecule has 0 heterocycles. The summed E-state index contributed by atoms with van der Waals surface area (Å²) in [4.78, 5) is 0. The molecule has 0 amide bonds. The molecule has 2 aromatic rings. The summed E-state index contributed by atoms with van der Waals surface area (Å²) in [7, 11) is 0. The van der Waals surface area contributed by atoms with Crippen LogP contribution in [0.15, 0.2) is 36.4 Å². The summed E-state index contributed by atoms with van der Waals surface area (Å²) in [6.07, 6.45) is 0. The van der Waals surface area contributed by atoms with Crippen LogP contribution in [0, 0.1) is 29.9 Å². The maximum absolute atomic E-state index is 13.1. The Morgan fingerprint density at radius 1 is 1.16 bits per heavy atom. The van der Waals surface area contributed by atoms with Gasteiger partial charge in [-0.1, -0.05) is 12.1 Å². The van der Waals surface area contributed by atoms with Crippen LogP contribution in [0.4, 0.5) is 8.78 Å². The molecule has 0 unspecified atom stereocenters. The molecule has 4 heteroatoms. The topological polar surface area (TPSA) is 33.0 Å². The summed E-state index contributed by atoms with van der Waals surface area (Å²) in [5.74, 6) is -0.506. The normalized spacial score (nSPS) is 10.0. The molecule has 0 spiro atoms. The highest BCUT2D eigenvalue weighted by Gasteiger charge is 2.05. The summed E-state index contributed by atoms with van der Waals surface area (Å²) in [6.45, 7) is 1.96. The standard InChI is InChI=1S/C15H11F2NO/c1-10-2-4-13(16)7-15(10)19-9-11-3-5-14(17)12(6-11)8-18/h2-7H,9H2,1H3. The van der Waals surface area contributed by atoms with Crippen molar-refractivity contribution in [2.24, 2.45) is 0 Å². The SMILES string of the molecule is Cc1ccc(F)cc1OCc1ccc(F)c(C#N)c1. The van der Waals surface area contributed by atoms with Crippen LogP contribution >= 0.6 is 0 Å². The molecule has 0 fully saturated rings. The Morgan fingerprint density at radius 3 is 2.68 bits per heavy atom. The van der Waals surface area contributed by atoms with Crippen LogP contribution in [0.2, 0.25) is 0 Å². The zero-order valence-corrected chi connectivity index (χ0v) is 10.3. The molecule has 2 aromatic carbocycles. The van der Waals surface area contributed by atoms with Crippen LogP contribution in [0.3, 0.4) is 0 Å². The van der Waals surface area contributed by atoms with Gasteiger partial charge in [0.1, 0.15) is 30.1 Å². The molecule has 0 aromatic heterocycles. The summed E-state index contributed by atoms with van der Waals surface area (Å²) in [6, 6.07) is 10.2. The highest BCUT2D eigenvalue weighted by Crippen LogP contribution is 2.20. The van der Waals surface area contributed by atoms with E-state index in [4.69, 9.17) is 10.00 Å². The maximum Gasteiger partial charge on any atom is 0.140 e. The van der Waals surface area contributed by atoms with Gasteiger partial charge in [-0.2, -0.15) is 5.26 Å².